The number of likely N-dealkylation sites (N-methyl/N-ethyl adjacent to an activating group) is 1. The Morgan fingerprint density at radius 1 is 0.927 bits per heavy atom. The molecule has 0 saturated heterocycles. The molecule has 10 nitrogen and oxygen atoms in total. The summed E-state index contributed by atoms with van der Waals surface area (Å²) < 4.78 is 37.5. The van der Waals surface area contributed by atoms with Gasteiger partial charge in [-0.1, -0.05) is 30.3 Å². The number of sulfonamides is 1. The van der Waals surface area contributed by atoms with E-state index in [1.54, 1.807) is 43.3 Å². The highest BCUT2D eigenvalue weighted by atomic mass is 32.2. The van der Waals surface area contributed by atoms with Crippen molar-refractivity contribution >= 4 is 50.2 Å². The van der Waals surface area contributed by atoms with Gasteiger partial charge in [0, 0.05) is 23.9 Å². The highest BCUT2D eigenvalue weighted by Gasteiger charge is 2.31. The van der Waals surface area contributed by atoms with E-state index in [-0.39, 0.29) is 12.5 Å². The zero-order valence-corrected chi connectivity index (χ0v) is 24.3. The van der Waals surface area contributed by atoms with Crippen molar-refractivity contribution in [3.63, 3.8) is 0 Å². The van der Waals surface area contributed by atoms with E-state index in [1.165, 1.54) is 0 Å². The van der Waals surface area contributed by atoms with E-state index in [4.69, 9.17) is 9.47 Å². The molecule has 0 spiro atoms. The molecule has 3 aromatic carbocycles. The molecule has 0 radical (unpaired) electrons. The number of nitrogens with one attached hydrogen (secondary N) is 3. The first kappa shape index (κ1) is 29.5. The Bertz CT molecular complexity index is 1550. The molecule has 1 aliphatic rings. The van der Waals surface area contributed by atoms with Crippen LogP contribution in [0.15, 0.2) is 66.7 Å². The molecule has 3 N–H and O–H groups in total. The summed E-state index contributed by atoms with van der Waals surface area (Å²) in [5.41, 5.74) is 3.98. The fourth-order valence-electron chi connectivity index (χ4n) is 4.48. The summed E-state index contributed by atoms with van der Waals surface area (Å²) in [5, 5.41) is 8.92. The van der Waals surface area contributed by atoms with Crippen LogP contribution in [-0.4, -0.2) is 52.8 Å². The minimum Gasteiger partial charge on any atom is -0.490 e. The lowest BCUT2D eigenvalue weighted by Crippen LogP contribution is -2.40. The van der Waals surface area contributed by atoms with Crippen LogP contribution < -0.4 is 29.7 Å². The van der Waals surface area contributed by atoms with Crippen LogP contribution in [0.3, 0.4) is 0 Å². The van der Waals surface area contributed by atoms with Crippen molar-refractivity contribution in [3.8, 4) is 11.5 Å². The van der Waals surface area contributed by atoms with E-state index in [0.29, 0.717) is 65.2 Å². The number of carbonyl (C=O) groups is 2. The number of ether oxygens (including phenoxy) is 2. The molecule has 2 amide bonds. The summed E-state index contributed by atoms with van der Waals surface area (Å²) in [4.78, 5) is 25.5. The average Bonchev–Trinajstić information content (AvgIpc) is 3.25. The van der Waals surface area contributed by atoms with Gasteiger partial charge in [-0.15, -0.1) is 0 Å². The van der Waals surface area contributed by atoms with Crippen LogP contribution >= 0.6 is 0 Å². The molecule has 0 unspecified atom stereocenters. The number of carbonyl (C=O) groups excluding carboxylic acids is 2. The molecule has 1 aliphatic heterocycles. The molecule has 0 aromatic heterocycles. The quantitative estimate of drug-likeness (QED) is 0.273. The Morgan fingerprint density at radius 3 is 2.15 bits per heavy atom. The second kappa shape index (κ2) is 12.8. The molecule has 0 atom stereocenters. The number of benzene rings is 3. The Kier molecular flexibility index (Phi) is 9.18. The van der Waals surface area contributed by atoms with Gasteiger partial charge in [-0.3, -0.25) is 13.9 Å². The Morgan fingerprint density at radius 2 is 1.56 bits per heavy atom. The number of anilines is 3. The van der Waals surface area contributed by atoms with Crippen LogP contribution in [0.4, 0.5) is 17.1 Å². The van der Waals surface area contributed by atoms with Gasteiger partial charge in [0.05, 0.1) is 42.1 Å². The minimum atomic E-state index is -3.71. The molecule has 1 heterocycles. The van der Waals surface area contributed by atoms with Crippen LogP contribution in [-0.2, 0) is 19.6 Å². The van der Waals surface area contributed by atoms with Crippen LogP contribution in [0, 0.1) is 0 Å². The SMILES string of the molecule is CCNC(=O)CN(c1ccc(NC(=C2C(=O)Nc3cc(OCC)c(OCC)cc32)c2ccccc2)cc1)S(C)(=O)=O. The van der Waals surface area contributed by atoms with Gasteiger partial charge in [-0.25, -0.2) is 8.42 Å². The van der Waals surface area contributed by atoms with Crippen molar-refractivity contribution in [3.05, 3.63) is 77.9 Å². The highest BCUT2D eigenvalue weighted by molar-refractivity contribution is 7.92. The van der Waals surface area contributed by atoms with Crippen LogP contribution in [0.1, 0.15) is 31.9 Å². The number of nitrogens with zero attached hydrogens (tertiary/aromatic N) is 1. The molecule has 11 heteroatoms. The van der Waals surface area contributed by atoms with Crippen molar-refractivity contribution in [1.82, 2.24) is 5.32 Å². The lowest BCUT2D eigenvalue weighted by molar-refractivity contribution is -0.119. The molecular formula is C30H34N4O6S. The van der Waals surface area contributed by atoms with Gasteiger partial charge < -0.3 is 25.4 Å². The molecule has 3 aromatic rings. The fraction of sp³-hybridized carbons (Fsp3) is 0.267. The maximum Gasteiger partial charge on any atom is 0.258 e. The summed E-state index contributed by atoms with van der Waals surface area (Å²) in [6, 6.07) is 19.6. The number of hydrogen-bond donors (Lipinski definition) is 3. The predicted molar refractivity (Wildman–Crippen MR) is 162 cm³/mol. The summed E-state index contributed by atoms with van der Waals surface area (Å²) in [5.74, 6) is 0.389. The molecule has 0 saturated carbocycles. The summed E-state index contributed by atoms with van der Waals surface area (Å²) in [6.45, 7) is 6.46. The minimum absolute atomic E-state index is 0.288. The maximum absolute atomic E-state index is 13.4. The first-order valence-corrected chi connectivity index (χ1v) is 15.2. The normalized spacial score (nSPS) is 13.6. The predicted octanol–water partition coefficient (Wildman–Crippen LogP) is 4.32. The third-order valence-corrected chi connectivity index (χ3v) is 7.37. The third-order valence-electron chi connectivity index (χ3n) is 6.23. The van der Waals surface area contributed by atoms with E-state index >= 15 is 0 Å². The van der Waals surface area contributed by atoms with Gasteiger partial charge in [0.2, 0.25) is 15.9 Å². The van der Waals surface area contributed by atoms with Gasteiger partial charge in [-0.2, -0.15) is 0 Å². The van der Waals surface area contributed by atoms with Gasteiger partial charge in [0.1, 0.15) is 6.54 Å². The Balaban J connectivity index is 1.77. The second-order valence-electron chi connectivity index (χ2n) is 9.18. The van der Waals surface area contributed by atoms with E-state index in [1.807, 2.05) is 44.2 Å². The molecule has 4 rings (SSSR count). The van der Waals surface area contributed by atoms with Crippen LogP contribution in [0.2, 0.25) is 0 Å². The molecular weight excluding hydrogens is 544 g/mol. The first-order chi connectivity index (χ1) is 19.7. The second-order valence-corrected chi connectivity index (χ2v) is 11.1. The number of fused-ring (bicyclic) bond motifs is 1. The summed E-state index contributed by atoms with van der Waals surface area (Å²) in [6.07, 6.45) is 1.06. The smallest absolute Gasteiger partial charge is 0.258 e. The monoisotopic (exact) mass is 578 g/mol. The molecule has 41 heavy (non-hydrogen) atoms. The van der Waals surface area contributed by atoms with E-state index in [0.717, 1.165) is 16.1 Å². The van der Waals surface area contributed by atoms with Gasteiger partial charge in [-0.05, 0) is 56.7 Å². The van der Waals surface area contributed by atoms with E-state index in [9.17, 15) is 18.0 Å². The van der Waals surface area contributed by atoms with Crippen LogP contribution in [0.5, 0.6) is 11.5 Å². The number of rotatable bonds is 12. The lowest BCUT2D eigenvalue weighted by atomic mass is 9.99. The lowest BCUT2D eigenvalue weighted by Gasteiger charge is -2.22. The summed E-state index contributed by atoms with van der Waals surface area (Å²) >= 11 is 0. The maximum atomic E-state index is 13.4. The topological polar surface area (TPSA) is 126 Å². The molecule has 0 aliphatic carbocycles. The van der Waals surface area contributed by atoms with Crippen molar-refractivity contribution in [2.75, 3.05) is 47.5 Å². The zero-order chi connectivity index (χ0) is 29.6. The van der Waals surface area contributed by atoms with Gasteiger partial charge in [0.15, 0.2) is 11.5 Å². The van der Waals surface area contributed by atoms with Crippen molar-refractivity contribution < 1.29 is 27.5 Å². The Labute approximate surface area is 240 Å². The Hall–Kier alpha value is -4.51. The number of hydrogen-bond acceptors (Lipinski definition) is 7. The van der Waals surface area contributed by atoms with Gasteiger partial charge in [0.25, 0.3) is 5.91 Å². The summed E-state index contributed by atoms with van der Waals surface area (Å²) in [7, 11) is -3.71. The molecule has 216 valence electrons. The first-order valence-electron chi connectivity index (χ1n) is 13.3. The largest absolute Gasteiger partial charge is 0.490 e. The zero-order valence-electron chi connectivity index (χ0n) is 23.5. The van der Waals surface area contributed by atoms with E-state index < -0.39 is 15.9 Å². The van der Waals surface area contributed by atoms with Crippen molar-refractivity contribution in [1.29, 1.82) is 0 Å². The standard InChI is InChI=1S/C30H34N4O6S/c1-5-31-27(35)19-34(41(4,37)38)22-15-13-21(14-16-22)32-29(20-11-9-8-10-12-20)28-23-17-25(39-6-2)26(40-7-3)18-24(23)33-30(28)36/h8-18,32H,5-7,19H2,1-4H3,(H,31,35)(H,33,36). The average molecular weight is 579 g/mol. The fourth-order valence-corrected chi connectivity index (χ4v) is 5.34. The van der Waals surface area contributed by atoms with Crippen molar-refractivity contribution in [2.24, 2.45) is 0 Å². The number of amides is 2. The van der Waals surface area contributed by atoms with Crippen molar-refractivity contribution in [2.45, 2.75) is 20.8 Å². The molecule has 0 bridgehead atoms. The van der Waals surface area contributed by atoms with Gasteiger partial charge >= 0.3 is 0 Å². The van der Waals surface area contributed by atoms with E-state index in [2.05, 4.69) is 16.0 Å². The third kappa shape index (κ3) is 6.80. The van der Waals surface area contributed by atoms with Crippen LogP contribution in [0.25, 0.3) is 11.3 Å². The highest BCUT2D eigenvalue weighted by Crippen LogP contribution is 2.43. The molecule has 0 fully saturated rings.